The molecule has 1 aromatic heterocycles. The molecule has 0 radical (unpaired) electrons. The molecule has 9 heteroatoms. The lowest BCUT2D eigenvalue weighted by Gasteiger charge is -2.32. The number of likely N-dealkylation sites (tertiary alicyclic amines) is 1. The van der Waals surface area contributed by atoms with Gasteiger partial charge >= 0.3 is 0 Å². The van der Waals surface area contributed by atoms with Crippen molar-refractivity contribution in [3.05, 3.63) is 22.4 Å². The topological polar surface area (TPSA) is 98.8 Å². The molecule has 3 saturated heterocycles. The highest BCUT2D eigenvalue weighted by Gasteiger charge is 2.53. The third kappa shape index (κ3) is 3.73. The molecule has 31 heavy (non-hydrogen) atoms. The van der Waals surface area contributed by atoms with E-state index >= 15 is 0 Å². The Morgan fingerprint density at radius 1 is 1.13 bits per heavy atom. The molecule has 4 amide bonds. The first kappa shape index (κ1) is 20.5. The van der Waals surface area contributed by atoms with Crippen molar-refractivity contribution in [1.29, 1.82) is 0 Å². The van der Waals surface area contributed by atoms with Crippen LogP contribution in [0.3, 0.4) is 0 Å². The average Bonchev–Trinajstić information content (AvgIpc) is 3.52. The highest BCUT2D eigenvalue weighted by molar-refractivity contribution is 7.12. The minimum absolute atomic E-state index is 0.00791. The van der Waals surface area contributed by atoms with Crippen LogP contribution in [0.15, 0.2) is 17.5 Å². The lowest BCUT2D eigenvalue weighted by atomic mass is 9.88. The predicted octanol–water partition coefficient (Wildman–Crippen LogP) is 1.13. The number of amides is 4. The van der Waals surface area contributed by atoms with Crippen molar-refractivity contribution < 1.29 is 19.2 Å². The molecule has 2 N–H and O–H groups in total. The van der Waals surface area contributed by atoms with Crippen molar-refractivity contribution in [3.63, 3.8) is 0 Å². The molecule has 166 valence electrons. The zero-order valence-corrected chi connectivity index (χ0v) is 18.2. The van der Waals surface area contributed by atoms with E-state index in [1.807, 2.05) is 11.4 Å². The van der Waals surface area contributed by atoms with Gasteiger partial charge in [0.05, 0.1) is 10.9 Å². The summed E-state index contributed by atoms with van der Waals surface area (Å²) < 4.78 is 0. The first-order valence-corrected chi connectivity index (χ1v) is 12.2. The van der Waals surface area contributed by atoms with Gasteiger partial charge in [0, 0.05) is 25.0 Å². The van der Waals surface area contributed by atoms with E-state index in [0.29, 0.717) is 30.8 Å². The number of hydrogen-bond acceptors (Lipinski definition) is 5. The van der Waals surface area contributed by atoms with E-state index < -0.39 is 12.1 Å². The quantitative estimate of drug-likeness (QED) is 0.730. The Labute approximate surface area is 185 Å². The van der Waals surface area contributed by atoms with Crippen molar-refractivity contribution >= 4 is 35.0 Å². The van der Waals surface area contributed by atoms with Crippen LogP contribution in [0.1, 0.15) is 54.6 Å². The van der Waals surface area contributed by atoms with Gasteiger partial charge in [0.15, 0.2) is 0 Å². The monoisotopic (exact) mass is 444 g/mol. The fourth-order valence-electron chi connectivity index (χ4n) is 5.63. The number of fused-ring (bicyclic) bond motifs is 2. The number of carbonyl (C=O) groups excluding carboxylic acids is 4. The Kier molecular flexibility index (Phi) is 5.45. The van der Waals surface area contributed by atoms with Crippen molar-refractivity contribution in [1.82, 2.24) is 20.4 Å². The predicted molar refractivity (Wildman–Crippen MR) is 114 cm³/mol. The molecule has 4 heterocycles. The fourth-order valence-corrected chi connectivity index (χ4v) is 6.25. The van der Waals surface area contributed by atoms with Gasteiger partial charge in [0.2, 0.25) is 17.7 Å². The molecule has 3 aliphatic heterocycles. The molecule has 0 bridgehead atoms. The zero-order valence-electron chi connectivity index (χ0n) is 17.4. The van der Waals surface area contributed by atoms with Crippen LogP contribution in [0.5, 0.6) is 0 Å². The fraction of sp³-hybridized carbons (Fsp3) is 0.636. The summed E-state index contributed by atoms with van der Waals surface area (Å²) in [7, 11) is 0. The summed E-state index contributed by atoms with van der Waals surface area (Å²) in [6.07, 6.45) is 6.06. The SMILES string of the molecule is O=C(N[C@H]1C[C@@H]2C(=O)N[C@H]3CCN(C(=O)C4CCCCC4)[C@@H]3C(=O)N2C1)c1cccs1. The van der Waals surface area contributed by atoms with Gasteiger partial charge in [-0.3, -0.25) is 19.2 Å². The van der Waals surface area contributed by atoms with E-state index in [2.05, 4.69) is 10.6 Å². The first-order chi connectivity index (χ1) is 15.0. The standard InChI is InChI=1S/C22H28N4O4S/c27-19-16-11-14(23-20(28)17-7-4-10-31-17)12-26(16)22(30)18-15(24-19)8-9-25(18)21(29)13-5-2-1-3-6-13/h4,7,10,13-16,18H,1-3,5-6,8-9,11-12H2,(H,23,28)(H,24,27)/t14-,15-,16+,18-/m0/s1. The summed E-state index contributed by atoms with van der Waals surface area (Å²) in [5.74, 6) is -0.469. The van der Waals surface area contributed by atoms with Crippen molar-refractivity contribution in [2.24, 2.45) is 5.92 Å². The molecule has 4 atom stereocenters. The highest BCUT2D eigenvalue weighted by Crippen LogP contribution is 2.33. The van der Waals surface area contributed by atoms with E-state index in [4.69, 9.17) is 0 Å². The molecule has 0 spiro atoms. The van der Waals surface area contributed by atoms with Crippen LogP contribution >= 0.6 is 11.3 Å². The van der Waals surface area contributed by atoms with Crippen LogP contribution in [0.4, 0.5) is 0 Å². The summed E-state index contributed by atoms with van der Waals surface area (Å²) in [5, 5.41) is 7.83. The third-order valence-corrected chi connectivity index (χ3v) is 8.05. The van der Waals surface area contributed by atoms with E-state index in [-0.39, 0.29) is 41.6 Å². The number of nitrogens with zero attached hydrogens (tertiary/aromatic N) is 2. The molecular formula is C22H28N4O4S. The molecule has 0 unspecified atom stereocenters. The molecule has 0 aromatic carbocycles. The van der Waals surface area contributed by atoms with Gasteiger partial charge in [-0.15, -0.1) is 11.3 Å². The summed E-state index contributed by atoms with van der Waals surface area (Å²) in [5.41, 5.74) is 0. The molecule has 4 aliphatic rings. The largest absolute Gasteiger partial charge is 0.349 e. The first-order valence-electron chi connectivity index (χ1n) is 11.3. The molecule has 1 aliphatic carbocycles. The zero-order chi connectivity index (χ0) is 21.5. The minimum Gasteiger partial charge on any atom is -0.349 e. The summed E-state index contributed by atoms with van der Waals surface area (Å²) in [6, 6.07) is 1.74. The van der Waals surface area contributed by atoms with Crippen LogP contribution in [0.25, 0.3) is 0 Å². The Morgan fingerprint density at radius 3 is 2.68 bits per heavy atom. The Balaban J connectivity index is 1.32. The summed E-state index contributed by atoms with van der Waals surface area (Å²) in [4.78, 5) is 56.0. The van der Waals surface area contributed by atoms with Gasteiger partial charge in [-0.25, -0.2) is 0 Å². The van der Waals surface area contributed by atoms with Gasteiger partial charge in [-0.2, -0.15) is 0 Å². The van der Waals surface area contributed by atoms with Crippen LogP contribution in [-0.2, 0) is 14.4 Å². The average molecular weight is 445 g/mol. The van der Waals surface area contributed by atoms with Crippen molar-refractivity contribution in [2.45, 2.75) is 69.1 Å². The highest BCUT2D eigenvalue weighted by atomic mass is 32.1. The number of rotatable bonds is 3. The van der Waals surface area contributed by atoms with Crippen LogP contribution in [0, 0.1) is 5.92 Å². The van der Waals surface area contributed by atoms with E-state index in [1.165, 1.54) is 17.8 Å². The van der Waals surface area contributed by atoms with Gasteiger partial charge in [0.1, 0.15) is 12.1 Å². The number of thiophene rings is 1. The van der Waals surface area contributed by atoms with Gasteiger partial charge in [-0.05, 0) is 37.1 Å². The summed E-state index contributed by atoms with van der Waals surface area (Å²) >= 11 is 1.36. The maximum Gasteiger partial charge on any atom is 0.261 e. The molecule has 8 nitrogen and oxygen atoms in total. The molecule has 4 fully saturated rings. The second-order valence-corrected chi connectivity index (χ2v) is 10.1. The Morgan fingerprint density at radius 2 is 1.94 bits per heavy atom. The van der Waals surface area contributed by atoms with Crippen molar-refractivity contribution in [3.8, 4) is 0 Å². The number of hydrogen-bond donors (Lipinski definition) is 2. The molecular weight excluding hydrogens is 416 g/mol. The normalized spacial score (nSPS) is 31.1. The second-order valence-electron chi connectivity index (χ2n) is 9.10. The van der Waals surface area contributed by atoms with Gasteiger partial charge in [-0.1, -0.05) is 25.3 Å². The third-order valence-electron chi connectivity index (χ3n) is 7.18. The van der Waals surface area contributed by atoms with Gasteiger partial charge in [0.25, 0.3) is 5.91 Å². The second kappa shape index (κ2) is 8.26. The van der Waals surface area contributed by atoms with Crippen LogP contribution in [0.2, 0.25) is 0 Å². The molecule has 1 saturated carbocycles. The van der Waals surface area contributed by atoms with Crippen molar-refractivity contribution in [2.75, 3.05) is 13.1 Å². The Bertz CT molecular complexity index is 882. The lowest BCUT2D eigenvalue weighted by molar-refractivity contribution is -0.147. The number of nitrogens with one attached hydrogen (secondary N) is 2. The Hall–Kier alpha value is -2.42. The minimum atomic E-state index is -0.630. The van der Waals surface area contributed by atoms with Crippen LogP contribution in [-0.4, -0.2) is 70.7 Å². The van der Waals surface area contributed by atoms with Crippen LogP contribution < -0.4 is 10.6 Å². The lowest BCUT2D eigenvalue weighted by Crippen LogP contribution is -2.53. The van der Waals surface area contributed by atoms with E-state index in [0.717, 1.165) is 25.7 Å². The van der Waals surface area contributed by atoms with E-state index in [1.54, 1.807) is 15.9 Å². The van der Waals surface area contributed by atoms with E-state index in [9.17, 15) is 19.2 Å². The molecule has 1 aromatic rings. The maximum atomic E-state index is 13.5. The number of carbonyl (C=O) groups is 4. The summed E-state index contributed by atoms with van der Waals surface area (Å²) in [6.45, 7) is 0.802. The van der Waals surface area contributed by atoms with Gasteiger partial charge < -0.3 is 20.4 Å². The maximum absolute atomic E-state index is 13.5. The smallest absolute Gasteiger partial charge is 0.261 e. The molecule has 5 rings (SSSR count).